The molecule has 1 amide bonds. The molecule has 1 unspecified atom stereocenters. The van der Waals surface area contributed by atoms with Gasteiger partial charge < -0.3 is 15.0 Å². The lowest BCUT2D eigenvalue weighted by Gasteiger charge is -2.34. The number of ether oxygens (including phenoxy) is 1. The van der Waals surface area contributed by atoms with Crippen molar-refractivity contribution in [2.45, 2.75) is 71.4 Å². The third-order valence-corrected chi connectivity index (χ3v) is 5.17. The molecule has 1 N–H and O–H groups in total. The molecular formula is C22H34N2O2. The number of amides is 1. The Morgan fingerprint density at radius 1 is 1.23 bits per heavy atom. The number of hydrogen-bond acceptors (Lipinski definition) is 3. The van der Waals surface area contributed by atoms with E-state index in [0.717, 1.165) is 38.9 Å². The summed E-state index contributed by atoms with van der Waals surface area (Å²) in [5.74, 6) is 1.21. The SMILES string of the molecule is CC(C)Cc1ccc(C2CN2)c(C2CCN(C(=O)OC(C)(C)C)CC2)c1. The number of carbonyl (C=O) groups is 1. The van der Waals surface area contributed by atoms with E-state index in [1.807, 2.05) is 25.7 Å². The minimum Gasteiger partial charge on any atom is -0.444 e. The van der Waals surface area contributed by atoms with Gasteiger partial charge in [0.2, 0.25) is 0 Å². The maximum atomic E-state index is 12.3. The highest BCUT2D eigenvalue weighted by Gasteiger charge is 2.31. The first-order chi connectivity index (χ1) is 12.2. The molecule has 2 heterocycles. The van der Waals surface area contributed by atoms with Crippen molar-refractivity contribution in [3.63, 3.8) is 0 Å². The standard InChI is InChI=1S/C22H34N2O2/c1-15(2)12-16-6-7-18(20-14-23-20)19(13-16)17-8-10-24(11-9-17)21(25)26-22(3,4)5/h6-7,13,15,17,20,23H,8-12,14H2,1-5H3. The molecule has 0 aliphatic carbocycles. The molecule has 3 rings (SSSR count). The predicted octanol–water partition coefficient (Wildman–Crippen LogP) is 4.64. The second kappa shape index (κ2) is 7.59. The van der Waals surface area contributed by atoms with Gasteiger partial charge in [-0.05, 0) is 68.6 Å². The van der Waals surface area contributed by atoms with E-state index >= 15 is 0 Å². The highest BCUT2D eigenvalue weighted by atomic mass is 16.6. The summed E-state index contributed by atoms with van der Waals surface area (Å²) in [6, 6.07) is 7.59. The molecule has 2 aliphatic rings. The fourth-order valence-electron chi connectivity index (χ4n) is 3.87. The number of likely N-dealkylation sites (tertiary alicyclic amines) is 1. The van der Waals surface area contributed by atoms with Gasteiger partial charge in [0, 0.05) is 25.7 Å². The van der Waals surface area contributed by atoms with E-state index in [2.05, 4.69) is 37.4 Å². The van der Waals surface area contributed by atoms with E-state index in [-0.39, 0.29) is 6.09 Å². The topological polar surface area (TPSA) is 51.5 Å². The van der Waals surface area contributed by atoms with Crippen LogP contribution in [-0.4, -0.2) is 36.2 Å². The normalized spacial score (nSPS) is 21.2. The number of rotatable bonds is 4. The van der Waals surface area contributed by atoms with Crippen LogP contribution in [0, 0.1) is 5.92 Å². The summed E-state index contributed by atoms with van der Waals surface area (Å²) in [4.78, 5) is 14.2. The highest BCUT2D eigenvalue weighted by molar-refractivity contribution is 5.68. The van der Waals surface area contributed by atoms with Gasteiger partial charge in [-0.2, -0.15) is 0 Å². The quantitative estimate of drug-likeness (QED) is 0.798. The van der Waals surface area contributed by atoms with Crippen molar-refractivity contribution < 1.29 is 9.53 Å². The van der Waals surface area contributed by atoms with E-state index in [1.54, 1.807) is 0 Å². The van der Waals surface area contributed by atoms with Gasteiger partial charge in [0.05, 0.1) is 0 Å². The van der Waals surface area contributed by atoms with Gasteiger partial charge in [-0.15, -0.1) is 0 Å². The molecule has 2 saturated heterocycles. The second-order valence-electron chi connectivity index (χ2n) is 9.26. The summed E-state index contributed by atoms with van der Waals surface area (Å²) in [7, 11) is 0. The van der Waals surface area contributed by atoms with Gasteiger partial charge in [0.15, 0.2) is 0 Å². The first-order valence-electron chi connectivity index (χ1n) is 10.1. The Kier molecular flexibility index (Phi) is 5.61. The van der Waals surface area contributed by atoms with Crippen molar-refractivity contribution in [1.29, 1.82) is 0 Å². The monoisotopic (exact) mass is 358 g/mol. The molecule has 0 radical (unpaired) electrons. The third kappa shape index (κ3) is 5.00. The van der Waals surface area contributed by atoms with Crippen LogP contribution >= 0.6 is 0 Å². The van der Waals surface area contributed by atoms with Gasteiger partial charge in [0.25, 0.3) is 0 Å². The van der Waals surface area contributed by atoms with Gasteiger partial charge >= 0.3 is 6.09 Å². The number of carbonyl (C=O) groups excluding carboxylic acids is 1. The highest BCUT2D eigenvalue weighted by Crippen LogP contribution is 2.36. The van der Waals surface area contributed by atoms with Crippen LogP contribution < -0.4 is 5.32 Å². The fraction of sp³-hybridized carbons (Fsp3) is 0.682. The van der Waals surface area contributed by atoms with Crippen molar-refractivity contribution in [2.75, 3.05) is 19.6 Å². The summed E-state index contributed by atoms with van der Waals surface area (Å²) < 4.78 is 5.53. The molecule has 4 nitrogen and oxygen atoms in total. The zero-order valence-corrected chi connectivity index (χ0v) is 17.0. The predicted molar refractivity (Wildman–Crippen MR) is 106 cm³/mol. The van der Waals surface area contributed by atoms with Gasteiger partial charge in [-0.3, -0.25) is 0 Å². The average Bonchev–Trinajstić information content (AvgIpc) is 3.37. The Labute approximate surface area is 158 Å². The second-order valence-corrected chi connectivity index (χ2v) is 9.26. The summed E-state index contributed by atoms with van der Waals surface area (Å²) in [5, 5.41) is 3.46. The molecule has 0 spiro atoms. The molecule has 144 valence electrons. The van der Waals surface area contributed by atoms with E-state index in [0.29, 0.717) is 17.9 Å². The lowest BCUT2D eigenvalue weighted by atomic mass is 9.84. The summed E-state index contributed by atoms with van der Waals surface area (Å²) in [6.45, 7) is 13.0. The van der Waals surface area contributed by atoms with Crippen LogP contribution in [0.15, 0.2) is 18.2 Å². The van der Waals surface area contributed by atoms with Gasteiger partial charge in [0.1, 0.15) is 5.60 Å². The Morgan fingerprint density at radius 2 is 1.88 bits per heavy atom. The van der Waals surface area contributed by atoms with Crippen LogP contribution in [-0.2, 0) is 11.2 Å². The molecule has 0 aromatic heterocycles. The maximum Gasteiger partial charge on any atom is 0.410 e. The molecule has 2 fully saturated rings. The van der Waals surface area contributed by atoms with Crippen molar-refractivity contribution in [1.82, 2.24) is 10.2 Å². The van der Waals surface area contributed by atoms with E-state index in [9.17, 15) is 4.79 Å². The van der Waals surface area contributed by atoms with E-state index < -0.39 is 5.60 Å². The number of hydrogen-bond donors (Lipinski definition) is 1. The minimum atomic E-state index is -0.427. The third-order valence-electron chi connectivity index (χ3n) is 5.17. The molecule has 26 heavy (non-hydrogen) atoms. The Morgan fingerprint density at radius 3 is 2.42 bits per heavy atom. The van der Waals surface area contributed by atoms with Crippen LogP contribution in [0.2, 0.25) is 0 Å². The molecule has 0 bridgehead atoms. The largest absolute Gasteiger partial charge is 0.444 e. The first-order valence-corrected chi connectivity index (χ1v) is 10.1. The Bertz CT molecular complexity index is 636. The maximum absolute atomic E-state index is 12.3. The zero-order chi connectivity index (χ0) is 18.9. The number of nitrogens with zero attached hydrogens (tertiary/aromatic N) is 1. The van der Waals surface area contributed by atoms with Crippen LogP contribution in [0.4, 0.5) is 4.79 Å². The molecular weight excluding hydrogens is 324 g/mol. The summed E-state index contributed by atoms with van der Waals surface area (Å²) in [6.07, 6.45) is 2.99. The van der Waals surface area contributed by atoms with Crippen LogP contribution in [0.3, 0.4) is 0 Å². The summed E-state index contributed by atoms with van der Waals surface area (Å²) >= 11 is 0. The van der Waals surface area contributed by atoms with E-state index in [1.165, 1.54) is 16.7 Å². The Balaban J connectivity index is 1.69. The van der Waals surface area contributed by atoms with Crippen LogP contribution in [0.1, 0.15) is 76.1 Å². The van der Waals surface area contributed by atoms with Gasteiger partial charge in [-0.25, -0.2) is 4.79 Å². The van der Waals surface area contributed by atoms with Crippen molar-refractivity contribution >= 4 is 6.09 Å². The summed E-state index contributed by atoms with van der Waals surface area (Å²) in [5.41, 5.74) is 3.98. The van der Waals surface area contributed by atoms with Gasteiger partial charge in [-0.1, -0.05) is 32.0 Å². The molecule has 4 heteroatoms. The fourth-order valence-corrected chi connectivity index (χ4v) is 3.87. The van der Waals surface area contributed by atoms with Crippen LogP contribution in [0.5, 0.6) is 0 Å². The molecule has 1 aromatic rings. The van der Waals surface area contributed by atoms with Crippen LogP contribution in [0.25, 0.3) is 0 Å². The minimum absolute atomic E-state index is 0.173. The van der Waals surface area contributed by atoms with Crippen molar-refractivity contribution in [3.05, 3.63) is 34.9 Å². The Hall–Kier alpha value is -1.55. The molecule has 1 atom stereocenters. The smallest absolute Gasteiger partial charge is 0.410 e. The lowest BCUT2D eigenvalue weighted by Crippen LogP contribution is -2.41. The zero-order valence-electron chi connectivity index (χ0n) is 17.0. The number of nitrogens with one attached hydrogen (secondary N) is 1. The van der Waals surface area contributed by atoms with Crippen molar-refractivity contribution in [3.8, 4) is 0 Å². The lowest BCUT2D eigenvalue weighted by molar-refractivity contribution is 0.0204. The number of benzene rings is 1. The van der Waals surface area contributed by atoms with E-state index in [4.69, 9.17) is 4.74 Å². The average molecular weight is 359 g/mol. The molecule has 1 aromatic carbocycles. The van der Waals surface area contributed by atoms with Crippen molar-refractivity contribution in [2.24, 2.45) is 5.92 Å². The number of piperidine rings is 1. The first kappa shape index (κ1) is 19.2. The molecule has 2 aliphatic heterocycles. The molecule has 0 saturated carbocycles.